The Morgan fingerprint density at radius 2 is 1.46 bits per heavy atom. The van der Waals surface area contributed by atoms with Crippen molar-refractivity contribution in [2.24, 2.45) is 0 Å². The Hall–Kier alpha value is -3.08. The molecule has 0 fully saturated rings. The molecular weight excluding hydrogens is 352 g/mol. The maximum atomic E-state index is 12.7. The Balaban J connectivity index is 1.95. The van der Waals surface area contributed by atoms with Gasteiger partial charge in [-0.2, -0.15) is 0 Å². The van der Waals surface area contributed by atoms with Crippen LogP contribution in [0.3, 0.4) is 0 Å². The van der Waals surface area contributed by atoms with E-state index in [4.69, 9.17) is 4.74 Å². The minimum atomic E-state index is -0.338. The highest BCUT2D eigenvalue weighted by Gasteiger charge is 2.36. The van der Waals surface area contributed by atoms with Crippen LogP contribution in [0.5, 0.6) is 5.75 Å². The highest BCUT2D eigenvalue weighted by Crippen LogP contribution is 2.31. The largest absolute Gasteiger partial charge is 0.491 e. The summed E-state index contributed by atoms with van der Waals surface area (Å²) in [4.78, 5) is 26.5. The Morgan fingerprint density at radius 3 is 2.00 bits per heavy atom. The van der Waals surface area contributed by atoms with Gasteiger partial charge in [-0.15, -0.1) is 0 Å². The van der Waals surface area contributed by atoms with Crippen molar-refractivity contribution in [3.05, 3.63) is 65.4 Å². The molecule has 3 rings (SSSR count). The number of nitrogens with one attached hydrogen (secondary N) is 1. The lowest BCUT2D eigenvalue weighted by Crippen LogP contribution is -2.27. The molecule has 0 unspecified atom stereocenters. The summed E-state index contributed by atoms with van der Waals surface area (Å²) >= 11 is 0. The lowest BCUT2D eigenvalue weighted by Gasteiger charge is -2.12. The van der Waals surface area contributed by atoms with Gasteiger partial charge in [0.1, 0.15) is 11.4 Å². The van der Waals surface area contributed by atoms with E-state index in [-0.39, 0.29) is 17.9 Å². The lowest BCUT2D eigenvalue weighted by molar-refractivity contribution is -0.135. The number of anilines is 1. The molecule has 0 spiro atoms. The predicted octanol–water partition coefficient (Wildman–Crippen LogP) is 4.42. The van der Waals surface area contributed by atoms with Crippen molar-refractivity contribution in [3.63, 3.8) is 0 Å². The van der Waals surface area contributed by atoms with Crippen LogP contribution in [0.1, 0.15) is 44.7 Å². The average Bonchev–Trinajstić information content (AvgIpc) is 2.86. The topological polar surface area (TPSA) is 58.6 Å². The molecule has 0 atom stereocenters. The number of amides is 2. The van der Waals surface area contributed by atoms with Crippen molar-refractivity contribution in [1.82, 2.24) is 4.90 Å². The molecule has 1 aliphatic rings. The zero-order chi connectivity index (χ0) is 20.4. The molecule has 2 amide bonds. The summed E-state index contributed by atoms with van der Waals surface area (Å²) in [5, 5.41) is 3.15. The lowest BCUT2D eigenvalue weighted by atomic mass is 10.0. The Morgan fingerprint density at radius 1 is 0.857 bits per heavy atom. The molecule has 2 aromatic rings. The minimum Gasteiger partial charge on any atom is -0.491 e. The van der Waals surface area contributed by atoms with Crippen LogP contribution in [0, 0.1) is 0 Å². The van der Waals surface area contributed by atoms with E-state index in [2.05, 4.69) is 19.2 Å². The normalized spacial score (nSPS) is 14.5. The summed E-state index contributed by atoms with van der Waals surface area (Å²) in [5.41, 5.74) is 3.33. The predicted molar refractivity (Wildman–Crippen MR) is 111 cm³/mol. The quantitative estimate of drug-likeness (QED) is 0.756. The summed E-state index contributed by atoms with van der Waals surface area (Å²) in [7, 11) is 1.50. The van der Waals surface area contributed by atoms with Gasteiger partial charge in [-0.3, -0.25) is 14.5 Å². The molecule has 0 saturated carbocycles. The van der Waals surface area contributed by atoms with Crippen LogP contribution in [0.25, 0.3) is 5.57 Å². The van der Waals surface area contributed by atoms with E-state index in [1.807, 2.05) is 50.2 Å². The molecule has 1 aliphatic heterocycles. The van der Waals surface area contributed by atoms with Gasteiger partial charge in [0, 0.05) is 12.7 Å². The number of likely N-dealkylation sites (N-methyl/N-ethyl adjacent to an activating group) is 1. The van der Waals surface area contributed by atoms with Crippen LogP contribution < -0.4 is 10.1 Å². The minimum absolute atomic E-state index is 0.0666. The van der Waals surface area contributed by atoms with Crippen LogP contribution in [0.2, 0.25) is 0 Å². The van der Waals surface area contributed by atoms with Gasteiger partial charge < -0.3 is 10.1 Å². The van der Waals surface area contributed by atoms with Crippen molar-refractivity contribution in [1.29, 1.82) is 0 Å². The van der Waals surface area contributed by atoms with Gasteiger partial charge in [-0.25, -0.2) is 0 Å². The second-order valence-electron chi connectivity index (χ2n) is 7.51. The summed E-state index contributed by atoms with van der Waals surface area (Å²) in [6.07, 6.45) is 0.0666. The average molecular weight is 378 g/mol. The van der Waals surface area contributed by atoms with E-state index in [1.54, 1.807) is 12.1 Å². The number of imide groups is 1. The van der Waals surface area contributed by atoms with Gasteiger partial charge >= 0.3 is 0 Å². The van der Waals surface area contributed by atoms with Crippen molar-refractivity contribution < 1.29 is 14.3 Å². The fourth-order valence-corrected chi connectivity index (χ4v) is 3.09. The van der Waals surface area contributed by atoms with Crippen molar-refractivity contribution in [3.8, 4) is 5.75 Å². The van der Waals surface area contributed by atoms with Crippen LogP contribution in [0.4, 0.5) is 5.69 Å². The summed E-state index contributed by atoms with van der Waals surface area (Å²) in [6, 6.07) is 15.1. The smallest absolute Gasteiger partial charge is 0.277 e. The Bertz CT molecular complexity index is 910. The number of hydrogen-bond donors (Lipinski definition) is 1. The van der Waals surface area contributed by atoms with Gasteiger partial charge in [-0.1, -0.05) is 38.1 Å². The van der Waals surface area contributed by atoms with Gasteiger partial charge in [-0.05, 0) is 55.2 Å². The fourth-order valence-electron chi connectivity index (χ4n) is 3.09. The standard InChI is InChI=1S/C23H26N2O3/c1-14(2)16-6-10-18(11-7-16)24-21-20(22(26)25(5)23(21)27)17-8-12-19(13-9-17)28-15(3)4/h6-15,24H,1-5H3. The number of nitrogens with zero attached hydrogens (tertiary/aromatic N) is 1. The maximum Gasteiger partial charge on any atom is 0.277 e. The second-order valence-corrected chi connectivity index (χ2v) is 7.51. The third-order valence-corrected chi connectivity index (χ3v) is 4.65. The Labute approximate surface area is 166 Å². The molecule has 5 nitrogen and oxygen atoms in total. The molecular formula is C23H26N2O3. The molecule has 0 saturated heterocycles. The molecule has 0 aliphatic carbocycles. The molecule has 1 N–H and O–H groups in total. The second kappa shape index (κ2) is 7.89. The van der Waals surface area contributed by atoms with Crippen LogP contribution >= 0.6 is 0 Å². The van der Waals surface area contributed by atoms with Crippen LogP contribution in [0.15, 0.2) is 54.2 Å². The van der Waals surface area contributed by atoms with E-state index in [0.29, 0.717) is 22.8 Å². The van der Waals surface area contributed by atoms with E-state index < -0.39 is 0 Å². The SMILES string of the molecule is CC(C)Oc1ccc(C2=C(Nc3ccc(C(C)C)cc3)C(=O)N(C)C2=O)cc1. The van der Waals surface area contributed by atoms with Crippen molar-refractivity contribution in [2.45, 2.75) is 39.7 Å². The molecule has 0 radical (unpaired) electrons. The summed E-state index contributed by atoms with van der Waals surface area (Å²) < 4.78 is 5.66. The third kappa shape index (κ3) is 3.93. The van der Waals surface area contributed by atoms with Crippen LogP contribution in [-0.2, 0) is 9.59 Å². The first-order valence-electron chi connectivity index (χ1n) is 9.48. The number of carbonyl (C=O) groups is 2. The number of ether oxygens (including phenoxy) is 1. The monoisotopic (exact) mass is 378 g/mol. The first kappa shape index (κ1) is 19.7. The van der Waals surface area contributed by atoms with Gasteiger partial charge in [0.15, 0.2) is 0 Å². The van der Waals surface area contributed by atoms with E-state index in [1.165, 1.54) is 12.6 Å². The maximum absolute atomic E-state index is 12.7. The van der Waals surface area contributed by atoms with Gasteiger partial charge in [0.2, 0.25) is 0 Å². The molecule has 28 heavy (non-hydrogen) atoms. The molecule has 0 bridgehead atoms. The van der Waals surface area contributed by atoms with Gasteiger partial charge in [0.05, 0.1) is 11.7 Å². The van der Waals surface area contributed by atoms with Crippen molar-refractivity contribution in [2.75, 3.05) is 12.4 Å². The molecule has 1 heterocycles. The van der Waals surface area contributed by atoms with Crippen LogP contribution in [-0.4, -0.2) is 29.9 Å². The molecule has 0 aromatic heterocycles. The van der Waals surface area contributed by atoms with E-state index in [9.17, 15) is 9.59 Å². The fraction of sp³-hybridized carbons (Fsp3) is 0.304. The number of benzene rings is 2. The van der Waals surface area contributed by atoms with Crippen molar-refractivity contribution >= 4 is 23.1 Å². The number of rotatable bonds is 6. The first-order valence-corrected chi connectivity index (χ1v) is 9.48. The molecule has 146 valence electrons. The highest BCUT2D eigenvalue weighted by atomic mass is 16.5. The molecule has 5 heteroatoms. The number of hydrogen-bond acceptors (Lipinski definition) is 4. The zero-order valence-electron chi connectivity index (χ0n) is 16.9. The third-order valence-electron chi connectivity index (χ3n) is 4.65. The van der Waals surface area contributed by atoms with E-state index >= 15 is 0 Å². The summed E-state index contributed by atoms with van der Waals surface area (Å²) in [5.74, 6) is 0.499. The number of carbonyl (C=O) groups excluding carboxylic acids is 2. The van der Waals surface area contributed by atoms with Gasteiger partial charge in [0.25, 0.3) is 11.8 Å². The zero-order valence-corrected chi connectivity index (χ0v) is 16.9. The Kier molecular flexibility index (Phi) is 5.54. The highest BCUT2D eigenvalue weighted by molar-refractivity contribution is 6.36. The summed E-state index contributed by atoms with van der Waals surface area (Å²) in [6.45, 7) is 8.17. The molecule has 2 aromatic carbocycles. The first-order chi connectivity index (χ1) is 13.3. The van der Waals surface area contributed by atoms with E-state index in [0.717, 1.165) is 16.3 Å².